The molecule has 1 rings (SSSR count). The third-order valence-electron chi connectivity index (χ3n) is 1.98. The molecule has 0 amide bonds. The van der Waals surface area contributed by atoms with E-state index in [0.29, 0.717) is 0 Å². The SMILES string of the molecule is O=C1C(Cl)=C(Cl)C(Cl)(Cl)C(Cl)C1(Cl)CCl. The van der Waals surface area contributed by atoms with E-state index < -0.39 is 20.4 Å². The quantitative estimate of drug-likeness (QED) is 0.646. The topological polar surface area (TPSA) is 17.1 Å². The molecule has 0 aromatic heterocycles. The maximum atomic E-state index is 11.7. The average Bonchev–Trinajstić information content (AvgIpc) is 2.22. The monoisotopic (exact) mass is 348 g/mol. The minimum atomic E-state index is -1.73. The van der Waals surface area contributed by atoms with Gasteiger partial charge in [-0.1, -0.05) is 46.4 Å². The molecule has 0 spiro atoms. The van der Waals surface area contributed by atoms with Crippen molar-refractivity contribution >= 4 is 87.0 Å². The highest BCUT2D eigenvalue weighted by molar-refractivity contribution is 6.67. The molecule has 0 aromatic rings. The van der Waals surface area contributed by atoms with E-state index >= 15 is 0 Å². The smallest absolute Gasteiger partial charge is 0.199 e. The van der Waals surface area contributed by atoms with E-state index in [9.17, 15) is 4.79 Å². The zero-order valence-electron chi connectivity index (χ0n) is 6.84. The summed E-state index contributed by atoms with van der Waals surface area (Å²) in [5, 5.41) is -1.75. The Labute approximate surface area is 122 Å². The Morgan fingerprint density at radius 1 is 1.20 bits per heavy atom. The minimum Gasteiger partial charge on any atom is -0.291 e. The van der Waals surface area contributed by atoms with E-state index in [4.69, 9.17) is 81.2 Å². The Morgan fingerprint density at radius 3 is 2.07 bits per heavy atom. The number of allylic oxidation sites excluding steroid dienone is 2. The summed E-state index contributed by atoms with van der Waals surface area (Å²) in [5.41, 5.74) is 0. The van der Waals surface area contributed by atoms with Gasteiger partial charge in [-0.25, -0.2) is 0 Å². The van der Waals surface area contributed by atoms with Crippen LogP contribution in [0, 0.1) is 0 Å². The molecule has 1 aliphatic rings. The molecule has 0 N–H and O–H groups in total. The molecular formula is C7H3Cl7O. The van der Waals surface area contributed by atoms with Crippen molar-refractivity contribution in [2.75, 3.05) is 5.88 Å². The van der Waals surface area contributed by atoms with Gasteiger partial charge in [-0.3, -0.25) is 4.79 Å². The lowest BCUT2D eigenvalue weighted by atomic mass is 9.92. The molecule has 0 radical (unpaired) electrons. The fourth-order valence-corrected chi connectivity index (χ4v) is 3.36. The fourth-order valence-electron chi connectivity index (χ4n) is 1.07. The van der Waals surface area contributed by atoms with Crippen molar-refractivity contribution in [3.63, 3.8) is 0 Å². The van der Waals surface area contributed by atoms with Gasteiger partial charge in [-0.05, 0) is 0 Å². The Kier molecular flexibility index (Phi) is 4.45. The normalized spacial score (nSPS) is 35.9. The molecule has 1 aliphatic carbocycles. The van der Waals surface area contributed by atoms with Crippen LogP contribution in [0.3, 0.4) is 0 Å². The van der Waals surface area contributed by atoms with Gasteiger partial charge in [0.2, 0.25) is 0 Å². The van der Waals surface area contributed by atoms with Crippen molar-refractivity contribution in [2.24, 2.45) is 0 Å². The summed E-state index contributed by atoms with van der Waals surface area (Å²) < 4.78 is -1.73. The molecule has 0 fully saturated rings. The summed E-state index contributed by atoms with van der Waals surface area (Å²) in [6, 6.07) is 0. The van der Waals surface area contributed by atoms with Crippen molar-refractivity contribution in [1.29, 1.82) is 0 Å². The molecule has 0 aliphatic heterocycles. The summed E-state index contributed by atoms with van der Waals surface area (Å²) in [4.78, 5) is 10.0. The van der Waals surface area contributed by atoms with Gasteiger partial charge in [0.05, 0.1) is 16.3 Å². The molecule has 2 unspecified atom stereocenters. The second-order valence-electron chi connectivity index (χ2n) is 2.94. The molecule has 0 bridgehead atoms. The molecule has 15 heavy (non-hydrogen) atoms. The van der Waals surface area contributed by atoms with Gasteiger partial charge in [0.15, 0.2) is 10.1 Å². The maximum absolute atomic E-state index is 11.7. The first-order valence-electron chi connectivity index (χ1n) is 3.57. The summed E-state index contributed by atoms with van der Waals surface area (Å²) in [6.45, 7) is 0. The van der Waals surface area contributed by atoms with Crippen LogP contribution in [0.1, 0.15) is 0 Å². The fraction of sp³-hybridized carbons (Fsp3) is 0.571. The van der Waals surface area contributed by atoms with E-state index in [2.05, 4.69) is 0 Å². The predicted octanol–water partition coefficient (Wildman–Crippen LogP) is 4.26. The van der Waals surface area contributed by atoms with Crippen LogP contribution >= 0.6 is 81.2 Å². The van der Waals surface area contributed by atoms with Crippen LogP contribution in [0.5, 0.6) is 0 Å². The number of ketones is 1. The van der Waals surface area contributed by atoms with Gasteiger partial charge in [0.1, 0.15) is 9.91 Å². The van der Waals surface area contributed by atoms with Crippen molar-refractivity contribution in [1.82, 2.24) is 0 Å². The van der Waals surface area contributed by atoms with Crippen LogP contribution in [-0.2, 0) is 4.79 Å². The molecule has 0 saturated carbocycles. The van der Waals surface area contributed by atoms with Crippen molar-refractivity contribution < 1.29 is 4.79 Å². The first kappa shape index (κ1) is 14.5. The van der Waals surface area contributed by atoms with Gasteiger partial charge < -0.3 is 0 Å². The number of Topliss-reactive ketones (excluding diaryl/α,β-unsaturated/α-hetero) is 1. The molecule has 86 valence electrons. The van der Waals surface area contributed by atoms with E-state index in [-0.39, 0.29) is 15.9 Å². The number of halogens is 7. The van der Waals surface area contributed by atoms with Crippen molar-refractivity contribution in [3.8, 4) is 0 Å². The van der Waals surface area contributed by atoms with Crippen LogP contribution in [0.4, 0.5) is 0 Å². The number of rotatable bonds is 1. The maximum Gasteiger partial charge on any atom is 0.199 e. The highest BCUT2D eigenvalue weighted by Gasteiger charge is 2.59. The second kappa shape index (κ2) is 4.61. The third kappa shape index (κ3) is 2.10. The molecule has 2 atom stereocenters. The highest BCUT2D eigenvalue weighted by Crippen LogP contribution is 2.52. The van der Waals surface area contributed by atoms with Crippen LogP contribution in [-0.4, -0.2) is 26.2 Å². The van der Waals surface area contributed by atoms with Crippen molar-refractivity contribution in [2.45, 2.75) is 14.6 Å². The highest BCUT2D eigenvalue weighted by atomic mass is 35.5. The first-order chi connectivity index (χ1) is 6.69. The van der Waals surface area contributed by atoms with Gasteiger partial charge >= 0.3 is 0 Å². The van der Waals surface area contributed by atoms with Crippen LogP contribution in [0.25, 0.3) is 0 Å². The molecule has 8 heteroatoms. The zero-order valence-corrected chi connectivity index (χ0v) is 12.1. The number of hydrogen-bond acceptors (Lipinski definition) is 1. The summed E-state index contributed by atoms with van der Waals surface area (Å²) in [7, 11) is 0. The molecule has 0 heterocycles. The summed E-state index contributed by atoms with van der Waals surface area (Å²) in [5.74, 6) is -0.953. The van der Waals surface area contributed by atoms with E-state index in [1.54, 1.807) is 0 Å². The molecule has 0 aromatic carbocycles. The van der Waals surface area contributed by atoms with E-state index in [1.165, 1.54) is 0 Å². The van der Waals surface area contributed by atoms with Crippen molar-refractivity contribution in [3.05, 3.63) is 10.1 Å². The number of hydrogen-bond donors (Lipinski definition) is 0. The van der Waals surface area contributed by atoms with Gasteiger partial charge in [0, 0.05) is 0 Å². The third-order valence-corrected chi connectivity index (χ3v) is 6.05. The Hall–Kier alpha value is 1.44. The van der Waals surface area contributed by atoms with Crippen LogP contribution < -0.4 is 0 Å². The van der Waals surface area contributed by atoms with E-state index in [1.807, 2.05) is 0 Å². The molecule has 1 nitrogen and oxygen atoms in total. The van der Waals surface area contributed by atoms with Gasteiger partial charge in [0.25, 0.3) is 0 Å². The van der Waals surface area contributed by atoms with E-state index in [0.717, 1.165) is 0 Å². The van der Waals surface area contributed by atoms with Gasteiger partial charge in [-0.2, -0.15) is 0 Å². The predicted molar refractivity (Wildman–Crippen MR) is 67.1 cm³/mol. The first-order valence-corrected chi connectivity index (χ1v) is 6.43. The lowest BCUT2D eigenvalue weighted by molar-refractivity contribution is -0.117. The summed E-state index contributed by atoms with van der Waals surface area (Å²) >= 11 is 40.5. The lowest BCUT2D eigenvalue weighted by Gasteiger charge is -2.39. The summed E-state index contributed by atoms with van der Waals surface area (Å²) in [6.07, 6.45) is 0. The Balaban J connectivity index is 3.40. The van der Waals surface area contributed by atoms with Crippen LogP contribution in [0.15, 0.2) is 10.1 Å². The van der Waals surface area contributed by atoms with Gasteiger partial charge in [-0.15, -0.1) is 34.8 Å². The minimum absolute atomic E-state index is 0.237. The number of alkyl halides is 5. The lowest BCUT2D eigenvalue weighted by Crippen LogP contribution is -2.55. The standard InChI is InChI=1S/C7H3Cl7O/c8-1-6(12)4(15)2(9)3(10)7(13,14)5(6)11/h5H,1H2. The van der Waals surface area contributed by atoms with Crippen LogP contribution in [0.2, 0.25) is 0 Å². The Bertz CT molecular complexity index is 336. The Morgan fingerprint density at radius 2 is 1.67 bits per heavy atom. The largest absolute Gasteiger partial charge is 0.291 e. The number of carbonyl (C=O) groups is 1. The molecule has 0 saturated heterocycles. The molecular weight excluding hydrogens is 348 g/mol. The zero-order chi connectivity index (χ0) is 12.0. The average molecular weight is 351 g/mol. The second-order valence-corrected chi connectivity index (χ2v) is 6.46. The number of carbonyl (C=O) groups excluding carboxylic acids is 1.